The SMILES string of the molecule is CC(C)(C)CC(=O)N(CCc1ccccc1)CC(=O)O. The molecular weight excluding hydrogens is 254 g/mol. The van der Waals surface area contributed by atoms with Crippen molar-refractivity contribution in [2.24, 2.45) is 5.41 Å². The molecule has 0 aliphatic heterocycles. The maximum absolute atomic E-state index is 12.2. The van der Waals surface area contributed by atoms with Gasteiger partial charge < -0.3 is 10.0 Å². The minimum Gasteiger partial charge on any atom is -0.480 e. The highest BCUT2D eigenvalue weighted by atomic mass is 16.4. The van der Waals surface area contributed by atoms with Gasteiger partial charge in [0.15, 0.2) is 0 Å². The number of rotatable bonds is 6. The third-order valence-electron chi connectivity index (χ3n) is 2.87. The number of carboxylic acids is 1. The average Bonchev–Trinajstić information content (AvgIpc) is 2.33. The van der Waals surface area contributed by atoms with E-state index in [1.54, 1.807) is 0 Å². The van der Waals surface area contributed by atoms with Crippen molar-refractivity contribution in [2.45, 2.75) is 33.6 Å². The van der Waals surface area contributed by atoms with Gasteiger partial charge >= 0.3 is 5.97 Å². The molecule has 0 heterocycles. The van der Waals surface area contributed by atoms with E-state index in [9.17, 15) is 9.59 Å². The van der Waals surface area contributed by atoms with Gasteiger partial charge in [-0.1, -0.05) is 51.1 Å². The van der Waals surface area contributed by atoms with Crippen molar-refractivity contribution in [1.29, 1.82) is 0 Å². The molecule has 1 aromatic carbocycles. The third-order valence-corrected chi connectivity index (χ3v) is 2.87. The van der Waals surface area contributed by atoms with Crippen molar-refractivity contribution in [3.8, 4) is 0 Å². The van der Waals surface area contributed by atoms with E-state index in [-0.39, 0.29) is 17.9 Å². The molecule has 0 saturated carbocycles. The van der Waals surface area contributed by atoms with Gasteiger partial charge in [-0.25, -0.2) is 0 Å². The Morgan fingerprint density at radius 1 is 1.15 bits per heavy atom. The fourth-order valence-corrected chi connectivity index (χ4v) is 1.93. The summed E-state index contributed by atoms with van der Waals surface area (Å²) in [6.45, 7) is 6.12. The molecule has 0 unspecified atom stereocenters. The quantitative estimate of drug-likeness (QED) is 0.869. The summed E-state index contributed by atoms with van der Waals surface area (Å²) < 4.78 is 0. The van der Waals surface area contributed by atoms with Crippen LogP contribution in [0.4, 0.5) is 0 Å². The summed E-state index contributed by atoms with van der Waals surface area (Å²) in [6.07, 6.45) is 1.03. The van der Waals surface area contributed by atoms with Crippen LogP contribution in [0.2, 0.25) is 0 Å². The molecule has 1 amide bonds. The number of aliphatic carboxylic acids is 1. The van der Waals surface area contributed by atoms with Crippen LogP contribution in [-0.2, 0) is 16.0 Å². The second-order valence-electron chi connectivity index (χ2n) is 6.18. The highest BCUT2D eigenvalue weighted by molar-refractivity contribution is 5.81. The molecule has 0 radical (unpaired) electrons. The van der Waals surface area contributed by atoms with Crippen LogP contribution in [0.5, 0.6) is 0 Å². The van der Waals surface area contributed by atoms with Gasteiger partial charge in [0.1, 0.15) is 6.54 Å². The van der Waals surface area contributed by atoms with Crippen LogP contribution in [0.15, 0.2) is 30.3 Å². The molecular formula is C16H23NO3. The summed E-state index contributed by atoms with van der Waals surface area (Å²) in [5, 5.41) is 8.93. The zero-order valence-electron chi connectivity index (χ0n) is 12.4. The van der Waals surface area contributed by atoms with Crippen molar-refractivity contribution in [3.05, 3.63) is 35.9 Å². The highest BCUT2D eigenvalue weighted by Gasteiger charge is 2.22. The van der Waals surface area contributed by atoms with E-state index in [1.165, 1.54) is 4.90 Å². The number of hydrogen-bond donors (Lipinski definition) is 1. The summed E-state index contributed by atoms with van der Waals surface area (Å²) in [5.74, 6) is -1.07. The summed E-state index contributed by atoms with van der Waals surface area (Å²) in [4.78, 5) is 24.5. The number of benzene rings is 1. The van der Waals surface area contributed by atoms with Gasteiger partial charge in [-0.3, -0.25) is 9.59 Å². The second kappa shape index (κ2) is 7.08. The lowest BCUT2D eigenvalue weighted by Gasteiger charge is -2.25. The molecule has 0 spiro atoms. The third kappa shape index (κ3) is 6.36. The van der Waals surface area contributed by atoms with E-state index < -0.39 is 5.97 Å². The number of amides is 1. The first-order valence-corrected chi connectivity index (χ1v) is 6.81. The number of carbonyl (C=O) groups is 2. The van der Waals surface area contributed by atoms with Crippen molar-refractivity contribution < 1.29 is 14.7 Å². The Labute approximate surface area is 120 Å². The lowest BCUT2D eigenvalue weighted by atomic mass is 9.91. The molecule has 0 bridgehead atoms. The fraction of sp³-hybridized carbons (Fsp3) is 0.500. The van der Waals surface area contributed by atoms with Gasteiger partial charge in [-0.2, -0.15) is 0 Å². The van der Waals surface area contributed by atoms with Gasteiger partial charge in [-0.05, 0) is 17.4 Å². The Morgan fingerprint density at radius 3 is 2.25 bits per heavy atom. The molecule has 0 aliphatic rings. The van der Waals surface area contributed by atoms with Crippen molar-refractivity contribution in [1.82, 2.24) is 4.90 Å². The van der Waals surface area contributed by atoms with Crippen LogP contribution in [0.1, 0.15) is 32.8 Å². The topological polar surface area (TPSA) is 57.6 Å². The Balaban J connectivity index is 2.64. The maximum atomic E-state index is 12.2. The average molecular weight is 277 g/mol. The van der Waals surface area contributed by atoms with E-state index in [4.69, 9.17) is 5.11 Å². The van der Waals surface area contributed by atoms with Crippen LogP contribution in [0.3, 0.4) is 0 Å². The summed E-state index contributed by atoms with van der Waals surface area (Å²) in [7, 11) is 0. The highest BCUT2D eigenvalue weighted by Crippen LogP contribution is 2.20. The Bertz CT molecular complexity index is 449. The zero-order valence-corrected chi connectivity index (χ0v) is 12.4. The molecule has 4 heteroatoms. The summed E-state index contributed by atoms with van der Waals surface area (Å²) >= 11 is 0. The van der Waals surface area contributed by atoms with Crippen LogP contribution < -0.4 is 0 Å². The van der Waals surface area contributed by atoms with Crippen molar-refractivity contribution in [2.75, 3.05) is 13.1 Å². The molecule has 4 nitrogen and oxygen atoms in total. The van der Waals surface area contributed by atoms with Gasteiger partial charge in [0.2, 0.25) is 5.91 Å². The number of carbonyl (C=O) groups excluding carboxylic acids is 1. The lowest BCUT2D eigenvalue weighted by Crippen LogP contribution is -2.38. The van der Waals surface area contributed by atoms with Crippen LogP contribution in [0.25, 0.3) is 0 Å². The van der Waals surface area contributed by atoms with Gasteiger partial charge in [0, 0.05) is 13.0 Å². The molecule has 0 aromatic heterocycles. The first kappa shape index (κ1) is 16.2. The Kier molecular flexibility index (Phi) is 5.74. The summed E-state index contributed by atoms with van der Waals surface area (Å²) in [6, 6.07) is 9.77. The predicted octanol–water partition coefficient (Wildman–Crippen LogP) is 2.58. The van der Waals surface area contributed by atoms with Crippen LogP contribution in [0, 0.1) is 5.41 Å². The molecule has 20 heavy (non-hydrogen) atoms. The van der Waals surface area contributed by atoms with E-state index in [1.807, 2.05) is 51.1 Å². The number of hydrogen-bond acceptors (Lipinski definition) is 2. The standard InChI is InChI=1S/C16H23NO3/c1-16(2,3)11-14(18)17(12-15(19)20)10-9-13-7-5-4-6-8-13/h4-8H,9-12H2,1-3H3,(H,19,20). The summed E-state index contributed by atoms with van der Waals surface area (Å²) in [5.41, 5.74) is 0.965. The molecule has 110 valence electrons. The van der Waals surface area contributed by atoms with E-state index in [0.717, 1.165) is 5.56 Å². The predicted molar refractivity (Wildman–Crippen MR) is 78.4 cm³/mol. The normalized spacial score (nSPS) is 11.2. The first-order valence-electron chi connectivity index (χ1n) is 6.81. The minimum absolute atomic E-state index is 0.101. The van der Waals surface area contributed by atoms with Gasteiger partial charge in [-0.15, -0.1) is 0 Å². The number of carboxylic acid groups (broad SMARTS) is 1. The molecule has 1 rings (SSSR count). The smallest absolute Gasteiger partial charge is 0.323 e. The molecule has 0 atom stereocenters. The number of nitrogens with zero attached hydrogens (tertiary/aromatic N) is 1. The zero-order chi connectivity index (χ0) is 15.2. The lowest BCUT2D eigenvalue weighted by molar-refractivity contribution is -0.145. The van der Waals surface area contributed by atoms with Crippen molar-refractivity contribution in [3.63, 3.8) is 0 Å². The Hall–Kier alpha value is -1.84. The van der Waals surface area contributed by atoms with Crippen LogP contribution in [-0.4, -0.2) is 35.0 Å². The van der Waals surface area contributed by atoms with E-state index in [2.05, 4.69) is 0 Å². The largest absolute Gasteiger partial charge is 0.480 e. The van der Waals surface area contributed by atoms with Gasteiger partial charge in [0.25, 0.3) is 0 Å². The monoisotopic (exact) mass is 277 g/mol. The molecule has 1 aromatic rings. The van der Waals surface area contributed by atoms with Crippen LogP contribution >= 0.6 is 0 Å². The molecule has 0 fully saturated rings. The molecule has 0 aliphatic carbocycles. The second-order valence-corrected chi connectivity index (χ2v) is 6.18. The van der Waals surface area contributed by atoms with Crippen molar-refractivity contribution >= 4 is 11.9 Å². The van der Waals surface area contributed by atoms with E-state index >= 15 is 0 Å². The first-order chi connectivity index (χ1) is 9.28. The maximum Gasteiger partial charge on any atom is 0.323 e. The molecule has 1 N–H and O–H groups in total. The minimum atomic E-state index is -0.972. The van der Waals surface area contributed by atoms with E-state index in [0.29, 0.717) is 19.4 Å². The van der Waals surface area contributed by atoms with Gasteiger partial charge in [0.05, 0.1) is 0 Å². The fourth-order valence-electron chi connectivity index (χ4n) is 1.93. The molecule has 0 saturated heterocycles. The Morgan fingerprint density at radius 2 is 1.75 bits per heavy atom.